The number of rotatable bonds is 5. The smallest absolute Gasteiger partial charge is 0.142 e. The Morgan fingerprint density at radius 2 is 1.95 bits per heavy atom. The maximum atomic E-state index is 5.82. The number of benzene rings is 2. The second-order valence-corrected chi connectivity index (χ2v) is 6.11. The van der Waals surface area contributed by atoms with Crippen molar-refractivity contribution < 1.29 is 4.74 Å². The van der Waals surface area contributed by atoms with Gasteiger partial charge >= 0.3 is 0 Å². The van der Waals surface area contributed by atoms with Crippen LogP contribution < -0.4 is 10.1 Å². The van der Waals surface area contributed by atoms with Crippen LogP contribution in [0.5, 0.6) is 5.75 Å². The van der Waals surface area contributed by atoms with Gasteiger partial charge in [0.15, 0.2) is 0 Å². The maximum Gasteiger partial charge on any atom is 0.142 e. The fraction of sp³-hybridized carbons (Fsp3) is 0.368. The Morgan fingerprint density at radius 3 is 2.77 bits per heavy atom. The van der Waals surface area contributed by atoms with E-state index in [1.165, 1.54) is 11.1 Å². The zero-order chi connectivity index (χ0) is 15.4. The number of ether oxygens (including phenoxy) is 1. The fourth-order valence-electron chi connectivity index (χ4n) is 2.78. The molecule has 116 valence electrons. The topological polar surface area (TPSA) is 24.5 Å². The Kier molecular flexibility index (Phi) is 4.64. The Bertz CT molecular complexity index is 612. The molecule has 1 heterocycles. The van der Waals surface area contributed by atoms with Crippen LogP contribution >= 0.6 is 0 Å². The highest BCUT2D eigenvalue weighted by Gasteiger charge is 2.15. The van der Waals surface area contributed by atoms with Gasteiger partial charge in [0.05, 0.1) is 12.2 Å². The third-order valence-corrected chi connectivity index (χ3v) is 4.03. The van der Waals surface area contributed by atoms with E-state index in [0.717, 1.165) is 37.5 Å². The van der Waals surface area contributed by atoms with Crippen LogP contribution in [0.15, 0.2) is 48.5 Å². The first-order chi connectivity index (χ1) is 10.7. The molecule has 1 aliphatic heterocycles. The van der Waals surface area contributed by atoms with Crippen LogP contribution in [0.3, 0.4) is 0 Å². The number of fused-ring (bicyclic) bond motifs is 1. The van der Waals surface area contributed by atoms with E-state index in [2.05, 4.69) is 72.7 Å². The largest absolute Gasteiger partial charge is 0.487 e. The van der Waals surface area contributed by atoms with Crippen LogP contribution in [-0.4, -0.2) is 31.1 Å². The molecule has 0 spiro atoms. The molecule has 0 aliphatic carbocycles. The Morgan fingerprint density at radius 1 is 1.14 bits per heavy atom. The molecular weight excluding hydrogens is 272 g/mol. The lowest BCUT2D eigenvalue weighted by molar-refractivity contribution is 0.226. The van der Waals surface area contributed by atoms with E-state index in [1.54, 1.807) is 0 Å². The summed E-state index contributed by atoms with van der Waals surface area (Å²) in [7, 11) is 2.18. The molecule has 0 bridgehead atoms. The molecule has 0 fully saturated rings. The Hall–Kier alpha value is -2.00. The molecule has 1 unspecified atom stereocenters. The number of anilines is 1. The van der Waals surface area contributed by atoms with Gasteiger partial charge in [0, 0.05) is 13.1 Å². The van der Waals surface area contributed by atoms with Crippen LogP contribution in [0.25, 0.3) is 0 Å². The predicted octanol–water partition coefficient (Wildman–Crippen LogP) is 3.55. The predicted molar refractivity (Wildman–Crippen MR) is 91.5 cm³/mol. The van der Waals surface area contributed by atoms with Gasteiger partial charge in [-0.25, -0.2) is 0 Å². The molecule has 1 aliphatic rings. The fourth-order valence-corrected chi connectivity index (χ4v) is 2.78. The van der Waals surface area contributed by atoms with Crippen molar-refractivity contribution in [3.8, 4) is 5.75 Å². The number of nitrogens with one attached hydrogen (secondary N) is 1. The third-order valence-electron chi connectivity index (χ3n) is 4.03. The van der Waals surface area contributed by atoms with Crippen molar-refractivity contribution in [2.45, 2.75) is 26.0 Å². The second-order valence-electron chi connectivity index (χ2n) is 6.11. The molecule has 0 radical (unpaired) electrons. The zero-order valence-electron chi connectivity index (χ0n) is 13.4. The molecule has 0 saturated heterocycles. The average Bonchev–Trinajstić information content (AvgIpc) is 2.54. The van der Waals surface area contributed by atoms with Crippen LogP contribution in [0.4, 0.5) is 5.69 Å². The first-order valence-electron chi connectivity index (χ1n) is 7.96. The maximum absolute atomic E-state index is 5.82. The van der Waals surface area contributed by atoms with Gasteiger partial charge in [-0.2, -0.15) is 0 Å². The van der Waals surface area contributed by atoms with Gasteiger partial charge in [-0.15, -0.1) is 0 Å². The minimum absolute atomic E-state index is 0.246. The lowest BCUT2D eigenvalue weighted by Crippen LogP contribution is -2.27. The van der Waals surface area contributed by atoms with E-state index in [1.807, 2.05) is 0 Å². The van der Waals surface area contributed by atoms with Crippen LogP contribution in [0.1, 0.15) is 18.1 Å². The standard InChI is InChI=1S/C19H24N2O/c1-15-13-20-18-12-16(8-9-19(18)22-15)10-11-21(2)14-17-6-4-3-5-7-17/h3-9,12,15,20H,10-11,13-14H2,1-2H3. The van der Waals surface area contributed by atoms with Gasteiger partial charge in [0.1, 0.15) is 11.9 Å². The van der Waals surface area contributed by atoms with Crippen molar-refractivity contribution in [2.75, 3.05) is 25.5 Å². The van der Waals surface area contributed by atoms with E-state index in [0.29, 0.717) is 0 Å². The van der Waals surface area contributed by atoms with Gasteiger partial charge in [-0.1, -0.05) is 36.4 Å². The summed E-state index contributed by atoms with van der Waals surface area (Å²) in [5.41, 5.74) is 3.84. The van der Waals surface area contributed by atoms with Gasteiger partial charge in [-0.05, 0) is 43.7 Å². The van der Waals surface area contributed by atoms with Gasteiger partial charge in [0.2, 0.25) is 0 Å². The molecule has 1 N–H and O–H groups in total. The highest BCUT2D eigenvalue weighted by Crippen LogP contribution is 2.30. The summed E-state index contributed by atoms with van der Waals surface area (Å²) in [6.45, 7) is 5.00. The van der Waals surface area contributed by atoms with Gasteiger partial charge in [-0.3, -0.25) is 0 Å². The molecule has 22 heavy (non-hydrogen) atoms. The van der Waals surface area contributed by atoms with E-state index in [-0.39, 0.29) is 6.10 Å². The molecule has 3 rings (SSSR count). The third kappa shape index (κ3) is 3.80. The molecule has 3 heteroatoms. The first-order valence-corrected chi connectivity index (χ1v) is 7.96. The number of hydrogen-bond acceptors (Lipinski definition) is 3. The molecule has 2 aromatic rings. The van der Waals surface area contributed by atoms with Crippen LogP contribution in [0.2, 0.25) is 0 Å². The van der Waals surface area contributed by atoms with Crippen molar-refractivity contribution in [1.82, 2.24) is 4.90 Å². The van der Waals surface area contributed by atoms with Crippen molar-refractivity contribution in [3.63, 3.8) is 0 Å². The summed E-state index contributed by atoms with van der Waals surface area (Å²) < 4.78 is 5.82. The molecule has 3 nitrogen and oxygen atoms in total. The highest BCUT2D eigenvalue weighted by molar-refractivity contribution is 5.59. The number of hydrogen-bond donors (Lipinski definition) is 1. The van der Waals surface area contributed by atoms with Crippen molar-refractivity contribution in [1.29, 1.82) is 0 Å². The van der Waals surface area contributed by atoms with Crippen molar-refractivity contribution in [2.24, 2.45) is 0 Å². The quantitative estimate of drug-likeness (QED) is 0.913. The summed E-state index contributed by atoms with van der Waals surface area (Å²) in [4.78, 5) is 2.36. The van der Waals surface area contributed by atoms with Crippen LogP contribution in [-0.2, 0) is 13.0 Å². The Labute approximate surface area is 132 Å². The minimum Gasteiger partial charge on any atom is -0.487 e. The van der Waals surface area contributed by atoms with E-state index in [4.69, 9.17) is 4.74 Å². The lowest BCUT2D eigenvalue weighted by Gasteiger charge is -2.25. The second kappa shape index (κ2) is 6.84. The highest BCUT2D eigenvalue weighted by atomic mass is 16.5. The zero-order valence-corrected chi connectivity index (χ0v) is 13.4. The molecule has 0 aromatic heterocycles. The molecule has 0 amide bonds. The van der Waals surface area contributed by atoms with Crippen LogP contribution in [0, 0.1) is 0 Å². The van der Waals surface area contributed by atoms with E-state index >= 15 is 0 Å². The summed E-state index contributed by atoms with van der Waals surface area (Å²) in [6, 6.07) is 17.1. The summed E-state index contributed by atoms with van der Waals surface area (Å²) in [6.07, 6.45) is 1.30. The molecule has 0 saturated carbocycles. The minimum atomic E-state index is 0.246. The number of nitrogens with zero attached hydrogens (tertiary/aromatic N) is 1. The Balaban J connectivity index is 1.55. The average molecular weight is 296 g/mol. The van der Waals surface area contributed by atoms with Crippen molar-refractivity contribution in [3.05, 3.63) is 59.7 Å². The first kappa shape index (κ1) is 14.9. The molecule has 2 aromatic carbocycles. The van der Waals surface area contributed by atoms with Crippen molar-refractivity contribution >= 4 is 5.69 Å². The SMILES string of the molecule is CC1CNc2cc(CCN(C)Cc3ccccc3)ccc2O1. The van der Waals surface area contributed by atoms with Gasteiger partial charge < -0.3 is 15.0 Å². The van der Waals surface area contributed by atoms with E-state index in [9.17, 15) is 0 Å². The monoisotopic (exact) mass is 296 g/mol. The summed E-state index contributed by atoms with van der Waals surface area (Å²) in [5.74, 6) is 0.972. The molecular formula is C19H24N2O. The number of likely N-dealkylation sites (N-methyl/N-ethyl adjacent to an activating group) is 1. The lowest BCUT2D eigenvalue weighted by atomic mass is 10.1. The normalized spacial score (nSPS) is 16.8. The van der Waals surface area contributed by atoms with Gasteiger partial charge in [0.25, 0.3) is 0 Å². The molecule has 1 atom stereocenters. The summed E-state index contributed by atoms with van der Waals surface area (Å²) in [5, 5.41) is 3.44. The van der Waals surface area contributed by atoms with E-state index < -0.39 is 0 Å². The summed E-state index contributed by atoms with van der Waals surface area (Å²) >= 11 is 0.